The fourth-order valence-corrected chi connectivity index (χ4v) is 2.11. The Morgan fingerprint density at radius 1 is 1.17 bits per heavy atom. The van der Waals surface area contributed by atoms with Gasteiger partial charge in [0.15, 0.2) is 5.96 Å². The lowest BCUT2D eigenvalue weighted by Gasteiger charge is -2.23. The third-order valence-corrected chi connectivity index (χ3v) is 3.54. The normalized spacial score (nSPS) is 11.1. The van der Waals surface area contributed by atoms with Crippen molar-refractivity contribution in [3.63, 3.8) is 0 Å². The van der Waals surface area contributed by atoms with Crippen molar-refractivity contribution in [2.24, 2.45) is 4.99 Å². The van der Waals surface area contributed by atoms with E-state index in [-0.39, 0.29) is 24.0 Å². The van der Waals surface area contributed by atoms with Crippen molar-refractivity contribution in [3.05, 3.63) is 29.8 Å². The number of nitrogens with one attached hydrogen (secondary N) is 1. The molecule has 1 rings (SSSR count). The number of benzene rings is 1. The molecule has 0 amide bonds. The largest absolute Gasteiger partial charge is 0.494 e. The topological polar surface area (TPSA) is 40.1 Å². The molecule has 0 bridgehead atoms. The zero-order valence-corrected chi connectivity index (χ0v) is 17.3. The van der Waals surface area contributed by atoms with Gasteiger partial charge in [0.2, 0.25) is 0 Å². The van der Waals surface area contributed by atoms with Gasteiger partial charge in [-0.25, -0.2) is 0 Å². The van der Waals surface area contributed by atoms with Gasteiger partial charge in [-0.05, 0) is 38.2 Å². The van der Waals surface area contributed by atoms with Crippen LogP contribution in [0, 0.1) is 0 Å². The maximum Gasteiger partial charge on any atom is 0.193 e. The number of hydrogen-bond donors (Lipinski definition) is 1. The Balaban J connectivity index is 0.00000484. The smallest absolute Gasteiger partial charge is 0.193 e. The fourth-order valence-electron chi connectivity index (χ4n) is 2.11. The van der Waals surface area contributed by atoms with E-state index >= 15 is 0 Å². The van der Waals surface area contributed by atoms with Crippen molar-refractivity contribution in [2.75, 3.05) is 47.4 Å². The van der Waals surface area contributed by atoms with Crippen LogP contribution in [-0.2, 0) is 6.54 Å². The zero-order chi connectivity index (χ0) is 16.4. The highest BCUT2D eigenvalue weighted by atomic mass is 127. The summed E-state index contributed by atoms with van der Waals surface area (Å²) in [6.45, 7) is 8.62. The molecule has 0 aliphatic carbocycles. The van der Waals surface area contributed by atoms with Crippen LogP contribution in [-0.4, -0.2) is 63.1 Å². The van der Waals surface area contributed by atoms with Crippen molar-refractivity contribution in [3.8, 4) is 5.75 Å². The minimum absolute atomic E-state index is 0. The predicted octanol–water partition coefficient (Wildman–Crippen LogP) is 2.66. The lowest BCUT2D eigenvalue weighted by Crippen LogP contribution is -2.41. The lowest BCUT2D eigenvalue weighted by molar-refractivity contribution is 0.340. The summed E-state index contributed by atoms with van der Waals surface area (Å²) in [4.78, 5) is 8.74. The molecule has 0 aliphatic rings. The number of likely N-dealkylation sites (N-methyl/N-ethyl adjacent to an activating group) is 1. The molecule has 1 N–H and O–H groups in total. The van der Waals surface area contributed by atoms with Crippen LogP contribution in [0.2, 0.25) is 0 Å². The van der Waals surface area contributed by atoms with Crippen LogP contribution in [0.1, 0.15) is 19.4 Å². The zero-order valence-electron chi connectivity index (χ0n) is 15.0. The molecule has 0 fully saturated rings. The van der Waals surface area contributed by atoms with E-state index in [0.29, 0.717) is 6.61 Å². The molecule has 0 aromatic heterocycles. The van der Waals surface area contributed by atoms with Gasteiger partial charge in [0, 0.05) is 33.7 Å². The standard InChI is InChI=1S/C17H30N4O.HI/c1-6-20(4)13-12-19-17(18-3)21(5)14-15-8-10-16(11-9-15)22-7-2;/h8-11H,6-7,12-14H2,1-5H3,(H,18,19);1H. The van der Waals surface area contributed by atoms with Gasteiger partial charge in [0.1, 0.15) is 5.75 Å². The van der Waals surface area contributed by atoms with E-state index in [0.717, 1.165) is 37.9 Å². The SMILES string of the molecule is CCOc1ccc(CN(C)C(=NC)NCCN(C)CC)cc1.I. The van der Waals surface area contributed by atoms with Gasteiger partial charge in [0.25, 0.3) is 0 Å². The monoisotopic (exact) mass is 434 g/mol. The summed E-state index contributed by atoms with van der Waals surface area (Å²) in [6.07, 6.45) is 0. The molecule has 0 saturated heterocycles. The Morgan fingerprint density at radius 3 is 2.35 bits per heavy atom. The van der Waals surface area contributed by atoms with E-state index in [1.807, 2.05) is 26.1 Å². The molecule has 0 radical (unpaired) electrons. The maximum atomic E-state index is 5.47. The number of aliphatic imine (C=N–C) groups is 1. The van der Waals surface area contributed by atoms with Crippen LogP contribution in [0.15, 0.2) is 29.3 Å². The van der Waals surface area contributed by atoms with Crippen molar-refractivity contribution < 1.29 is 4.74 Å². The average Bonchev–Trinajstić information content (AvgIpc) is 2.53. The van der Waals surface area contributed by atoms with E-state index in [9.17, 15) is 0 Å². The highest BCUT2D eigenvalue weighted by Gasteiger charge is 2.06. The summed E-state index contributed by atoms with van der Waals surface area (Å²) in [6, 6.07) is 8.22. The average molecular weight is 434 g/mol. The van der Waals surface area contributed by atoms with Crippen LogP contribution in [0.5, 0.6) is 5.75 Å². The minimum atomic E-state index is 0. The second kappa shape index (κ2) is 12.4. The lowest BCUT2D eigenvalue weighted by atomic mass is 10.2. The van der Waals surface area contributed by atoms with Gasteiger partial charge in [-0.1, -0.05) is 19.1 Å². The summed E-state index contributed by atoms with van der Waals surface area (Å²) in [5, 5.41) is 3.40. The van der Waals surface area contributed by atoms with Gasteiger partial charge >= 0.3 is 0 Å². The number of guanidine groups is 1. The maximum absolute atomic E-state index is 5.47. The van der Waals surface area contributed by atoms with Crippen LogP contribution in [0.3, 0.4) is 0 Å². The van der Waals surface area contributed by atoms with Gasteiger partial charge in [-0.15, -0.1) is 24.0 Å². The number of ether oxygens (including phenoxy) is 1. The summed E-state index contributed by atoms with van der Waals surface area (Å²) in [5.41, 5.74) is 1.24. The van der Waals surface area contributed by atoms with E-state index in [1.54, 1.807) is 0 Å². The number of halogens is 1. The second-order valence-corrected chi connectivity index (χ2v) is 5.30. The van der Waals surface area contributed by atoms with Crippen LogP contribution < -0.4 is 10.1 Å². The van der Waals surface area contributed by atoms with E-state index in [1.165, 1.54) is 5.56 Å². The Morgan fingerprint density at radius 2 is 1.83 bits per heavy atom. The predicted molar refractivity (Wildman–Crippen MR) is 109 cm³/mol. The molecule has 132 valence electrons. The molecule has 6 heteroatoms. The molecule has 1 aromatic carbocycles. The number of hydrogen-bond acceptors (Lipinski definition) is 3. The first-order valence-corrected chi connectivity index (χ1v) is 7.92. The first kappa shape index (κ1) is 22.0. The molecule has 23 heavy (non-hydrogen) atoms. The van der Waals surface area contributed by atoms with Crippen molar-refractivity contribution in [2.45, 2.75) is 20.4 Å². The third kappa shape index (κ3) is 8.41. The molecule has 1 aromatic rings. The molecule has 0 aliphatic heterocycles. The van der Waals surface area contributed by atoms with Gasteiger partial charge in [0.05, 0.1) is 6.61 Å². The summed E-state index contributed by atoms with van der Waals surface area (Å²) in [5.74, 6) is 1.83. The first-order chi connectivity index (χ1) is 10.6. The molecular weight excluding hydrogens is 403 g/mol. The Hall–Kier alpha value is -1.02. The van der Waals surface area contributed by atoms with Crippen molar-refractivity contribution >= 4 is 29.9 Å². The Kier molecular flexibility index (Phi) is 11.9. The van der Waals surface area contributed by atoms with E-state index in [2.05, 4.69) is 53.3 Å². The molecule has 0 saturated carbocycles. The van der Waals surface area contributed by atoms with Gasteiger partial charge < -0.3 is 19.9 Å². The Bertz CT molecular complexity index is 450. The summed E-state index contributed by atoms with van der Waals surface area (Å²) < 4.78 is 5.47. The molecule has 0 spiro atoms. The summed E-state index contributed by atoms with van der Waals surface area (Å²) >= 11 is 0. The van der Waals surface area contributed by atoms with Crippen LogP contribution in [0.25, 0.3) is 0 Å². The summed E-state index contributed by atoms with van der Waals surface area (Å²) in [7, 11) is 5.99. The number of nitrogens with zero attached hydrogens (tertiary/aromatic N) is 3. The third-order valence-electron chi connectivity index (χ3n) is 3.54. The second-order valence-electron chi connectivity index (χ2n) is 5.30. The van der Waals surface area contributed by atoms with Crippen molar-refractivity contribution in [1.29, 1.82) is 0 Å². The quantitative estimate of drug-likeness (QED) is 0.388. The Labute approximate surface area is 158 Å². The fraction of sp³-hybridized carbons (Fsp3) is 0.588. The number of rotatable bonds is 8. The minimum Gasteiger partial charge on any atom is -0.494 e. The van der Waals surface area contributed by atoms with E-state index in [4.69, 9.17) is 4.74 Å². The molecular formula is C17H31IN4O. The van der Waals surface area contributed by atoms with Crippen LogP contribution in [0.4, 0.5) is 0 Å². The highest BCUT2D eigenvalue weighted by Crippen LogP contribution is 2.13. The molecule has 5 nitrogen and oxygen atoms in total. The molecule has 0 atom stereocenters. The first-order valence-electron chi connectivity index (χ1n) is 7.92. The molecule has 0 unspecified atom stereocenters. The van der Waals surface area contributed by atoms with Crippen molar-refractivity contribution in [1.82, 2.24) is 15.1 Å². The highest BCUT2D eigenvalue weighted by molar-refractivity contribution is 14.0. The van der Waals surface area contributed by atoms with Gasteiger partial charge in [-0.3, -0.25) is 4.99 Å². The van der Waals surface area contributed by atoms with Crippen LogP contribution >= 0.6 is 24.0 Å². The van der Waals surface area contributed by atoms with Gasteiger partial charge in [-0.2, -0.15) is 0 Å². The molecule has 0 heterocycles. The van der Waals surface area contributed by atoms with E-state index < -0.39 is 0 Å².